The summed E-state index contributed by atoms with van der Waals surface area (Å²) >= 11 is 0. The number of nitrogens with zero attached hydrogens (tertiary/aromatic N) is 1. The van der Waals surface area contributed by atoms with Gasteiger partial charge in [0.1, 0.15) is 11.6 Å². The van der Waals surface area contributed by atoms with E-state index in [1.165, 1.54) is 12.1 Å². The fraction of sp³-hybridized carbons (Fsp3) is 0.0435. The van der Waals surface area contributed by atoms with Gasteiger partial charge in [-0.1, -0.05) is 66.7 Å². The zero-order valence-electron chi connectivity index (χ0n) is 14.3. The molecule has 0 aromatic heterocycles. The van der Waals surface area contributed by atoms with E-state index in [9.17, 15) is 8.78 Å². The van der Waals surface area contributed by atoms with Crippen LogP contribution in [-0.4, -0.2) is 7.05 Å². The maximum atomic E-state index is 14.8. The predicted molar refractivity (Wildman–Crippen MR) is 104 cm³/mol. The van der Waals surface area contributed by atoms with Crippen LogP contribution in [0, 0.1) is 11.6 Å². The molecule has 26 heavy (non-hydrogen) atoms. The minimum atomic E-state index is -0.388. The smallest absolute Gasteiger partial charge is 0.147 e. The summed E-state index contributed by atoms with van der Waals surface area (Å²) < 4.78 is 29.1. The summed E-state index contributed by atoms with van der Waals surface area (Å²) in [4.78, 5) is 1.57. The molecule has 0 fully saturated rings. The maximum Gasteiger partial charge on any atom is 0.147 e. The van der Waals surface area contributed by atoms with Gasteiger partial charge < -0.3 is 4.90 Å². The first-order chi connectivity index (χ1) is 12.7. The Morgan fingerprint density at radius 1 is 0.615 bits per heavy atom. The normalized spacial score (nSPS) is 10.9. The first kappa shape index (κ1) is 16.3. The second kappa shape index (κ2) is 6.60. The van der Waals surface area contributed by atoms with Gasteiger partial charge in [0.15, 0.2) is 0 Å². The third kappa shape index (κ3) is 2.72. The molecular weight excluding hydrogens is 328 g/mol. The minimum absolute atomic E-state index is 0.332. The fourth-order valence-corrected chi connectivity index (χ4v) is 3.38. The van der Waals surface area contributed by atoms with Gasteiger partial charge in [-0.3, -0.25) is 0 Å². The van der Waals surface area contributed by atoms with E-state index >= 15 is 0 Å². The number of anilines is 2. The highest BCUT2D eigenvalue weighted by Crippen LogP contribution is 2.39. The number of hydrogen-bond acceptors (Lipinski definition) is 1. The van der Waals surface area contributed by atoms with Crippen LogP contribution < -0.4 is 4.90 Å². The van der Waals surface area contributed by atoms with Crippen molar-refractivity contribution >= 4 is 22.1 Å². The monoisotopic (exact) mass is 345 g/mol. The van der Waals surface area contributed by atoms with E-state index in [-0.39, 0.29) is 11.6 Å². The van der Waals surface area contributed by atoms with Crippen LogP contribution in [0.15, 0.2) is 84.9 Å². The van der Waals surface area contributed by atoms with E-state index in [0.29, 0.717) is 11.4 Å². The molecule has 4 rings (SSSR count). The van der Waals surface area contributed by atoms with Crippen molar-refractivity contribution < 1.29 is 8.78 Å². The summed E-state index contributed by atoms with van der Waals surface area (Å²) in [5, 5.41) is 2.11. The molecule has 0 radical (unpaired) electrons. The first-order valence-corrected chi connectivity index (χ1v) is 8.42. The molecule has 0 aliphatic rings. The van der Waals surface area contributed by atoms with Gasteiger partial charge in [-0.05, 0) is 34.5 Å². The molecule has 1 nitrogen and oxygen atoms in total. The van der Waals surface area contributed by atoms with E-state index in [4.69, 9.17) is 0 Å². The van der Waals surface area contributed by atoms with Crippen molar-refractivity contribution in [2.24, 2.45) is 0 Å². The highest BCUT2D eigenvalue weighted by atomic mass is 19.1. The summed E-state index contributed by atoms with van der Waals surface area (Å²) in [5.41, 5.74) is 2.33. The average Bonchev–Trinajstić information content (AvgIpc) is 2.67. The van der Waals surface area contributed by atoms with E-state index in [1.807, 2.05) is 48.5 Å². The zero-order valence-corrected chi connectivity index (χ0v) is 14.3. The number of para-hydroxylation sites is 2. The molecule has 0 heterocycles. The van der Waals surface area contributed by atoms with Crippen LogP contribution in [0.4, 0.5) is 20.2 Å². The molecule has 4 aromatic rings. The standard InChI is InChI=1S/C23H17F2N/c1-26(22-15-5-4-13-20(22)24)23-19(12-7-14-21(23)25)18-11-6-9-16-8-2-3-10-17(16)18/h2-15H,1H3. The maximum absolute atomic E-state index is 14.8. The van der Waals surface area contributed by atoms with Crippen LogP contribution in [0.2, 0.25) is 0 Å². The van der Waals surface area contributed by atoms with Gasteiger partial charge in [-0.25, -0.2) is 8.78 Å². The van der Waals surface area contributed by atoms with Crippen molar-refractivity contribution in [2.45, 2.75) is 0 Å². The molecule has 0 saturated heterocycles. The third-order valence-electron chi connectivity index (χ3n) is 4.62. The number of rotatable bonds is 3. The van der Waals surface area contributed by atoms with Crippen LogP contribution in [0.25, 0.3) is 21.9 Å². The molecule has 0 unspecified atom stereocenters. The zero-order chi connectivity index (χ0) is 18.1. The molecule has 0 aliphatic carbocycles. The van der Waals surface area contributed by atoms with Gasteiger partial charge in [0.25, 0.3) is 0 Å². The van der Waals surface area contributed by atoms with Crippen molar-refractivity contribution in [3.63, 3.8) is 0 Å². The van der Waals surface area contributed by atoms with Crippen molar-refractivity contribution in [1.82, 2.24) is 0 Å². The summed E-state index contributed by atoms with van der Waals surface area (Å²) in [6.45, 7) is 0. The predicted octanol–water partition coefficient (Wildman–Crippen LogP) is 6.55. The Morgan fingerprint density at radius 2 is 1.23 bits per heavy atom. The molecule has 0 N–H and O–H groups in total. The van der Waals surface area contributed by atoms with Gasteiger partial charge in [0.05, 0.1) is 11.4 Å². The van der Waals surface area contributed by atoms with Crippen molar-refractivity contribution in [3.8, 4) is 11.1 Å². The van der Waals surface area contributed by atoms with Crippen molar-refractivity contribution in [1.29, 1.82) is 0 Å². The lowest BCUT2D eigenvalue weighted by Crippen LogP contribution is -2.14. The molecule has 0 aliphatic heterocycles. The van der Waals surface area contributed by atoms with E-state index in [0.717, 1.165) is 21.9 Å². The Kier molecular flexibility index (Phi) is 4.13. The fourth-order valence-electron chi connectivity index (χ4n) is 3.38. The van der Waals surface area contributed by atoms with Crippen LogP contribution in [0.1, 0.15) is 0 Å². The molecule has 0 atom stereocenters. The molecule has 4 aromatic carbocycles. The van der Waals surface area contributed by atoms with Gasteiger partial charge >= 0.3 is 0 Å². The molecule has 3 heteroatoms. The van der Waals surface area contributed by atoms with Crippen LogP contribution in [0.3, 0.4) is 0 Å². The van der Waals surface area contributed by atoms with Crippen LogP contribution >= 0.6 is 0 Å². The highest BCUT2D eigenvalue weighted by Gasteiger charge is 2.19. The molecule has 0 bridgehead atoms. The number of halogens is 2. The lowest BCUT2D eigenvalue weighted by Gasteiger charge is -2.24. The largest absolute Gasteiger partial charge is 0.339 e. The summed E-state index contributed by atoms with van der Waals surface area (Å²) in [7, 11) is 1.69. The Balaban J connectivity index is 1.97. The van der Waals surface area contributed by atoms with Gasteiger partial charge in [-0.15, -0.1) is 0 Å². The van der Waals surface area contributed by atoms with E-state index in [1.54, 1.807) is 36.2 Å². The lowest BCUT2D eigenvalue weighted by molar-refractivity contribution is 0.618. The first-order valence-electron chi connectivity index (χ1n) is 8.42. The minimum Gasteiger partial charge on any atom is -0.339 e. The van der Waals surface area contributed by atoms with Crippen LogP contribution in [-0.2, 0) is 0 Å². The molecule has 0 amide bonds. The molecule has 0 spiro atoms. The average molecular weight is 345 g/mol. The van der Waals surface area contributed by atoms with Gasteiger partial charge in [-0.2, -0.15) is 0 Å². The number of hydrogen-bond donors (Lipinski definition) is 0. The summed E-state index contributed by atoms with van der Waals surface area (Å²) in [5.74, 6) is -0.775. The Labute approximate surface area is 151 Å². The van der Waals surface area contributed by atoms with E-state index in [2.05, 4.69) is 0 Å². The SMILES string of the molecule is CN(c1ccccc1F)c1c(F)cccc1-c1cccc2ccccc12. The van der Waals surface area contributed by atoms with Gasteiger partial charge in [0, 0.05) is 12.6 Å². The Hall–Kier alpha value is -3.20. The lowest BCUT2D eigenvalue weighted by atomic mass is 9.96. The second-order valence-corrected chi connectivity index (χ2v) is 6.17. The molecule has 128 valence electrons. The second-order valence-electron chi connectivity index (χ2n) is 6.17. The van der Waals surface area contributed by atoms with Crippen LogP contribution in [0.5, 0.6) is 0 Å². The highest BCUT2D eigenvalue weighted by molar-refractivity contribution is 6.00. The quantitative estimate of drug-likeness (QED) is 0.407. The Bertz CT molecular complexity index is 1080. The van der Waals surface area contributed by atoms with Crippen molar-refractivity contribution in [3.05, 3.63) is 96.6 Å². The number of fused-ring (bicyclic) bond motifs is 1. The topological polar surface area (TPSA) is 3.24 Å². The molecular formula is C23H17F2N. The van der Waals surface area contributed by atoms with Gasteiger partial charge in [0.2, 0.25) is 0 Å². The Morgan fingerprint density at radius 3 is 2.08 bits per heavy atom. The van der Waals surface area contributed by atoms with Crippen molar-refractivity contribution in [2.75, 3.05) is 11.9 Å². The summed E-state index contributed by atoms with van der Waals surface area (Å²) in [6, 6.07) is 25.3. The third-order valence-corrected chi connectivity index (χ3v) is 4.62. The summed E-state index contributed by atoms with van der Waals surface area (Å²) in [6.07, 6.45) is 0. The molecule has 0 saturated carbocycles. The van der Waals surface area contributed by atoms with E-state index < -0.39 is 0 Å². The number of benzene rings is 4.